The van der Waals surface area contributed by atoms with Gasteiger partial charge in [0.05, 0.1) is 16.5 Å². The van der Waals surface area contributed by atoms with Crippen molar-refractivity contribution in [3.05, 3.63) is 59.9 Å². The quantitative estimate of drug-likeness (QED) is 0.317. The van der Waals surface area contributed by atoms with Crippen LogP contribution in [0.3, 0.4) is 0 Å². The molecule has 3 heterocycles. The van der Waals surface area contributed by atoms with Crippen LogP contribution in [0.4, 0.5) is 0 Å². The Kier molecular flexibility index (Phi) is 3.26. The molecule has 3 aliphatic rings. The van der Waals surface area contributed by atoms with Crippen molar-refractivity contribution in [3.8, 4) is 22.8 Å². The van der Waals surface area contributed by atoms with Gasteiger partial charge in [-0.3, -0.25) is 4.98 Å². The van der Waals surface area contributed by atoms with E-state index in [1.807, 2.05) is 12.3 Å². The van der Waals surface area contributed by atoms with Gasteiger partial charge in [0.15, 0.2) is 6.20 Å². The third kappa shape index (κ3) is 2.15. The van der Waals surface area contributed by atoms with Gasteiger partial charge in [0.2, 0.25) is 5.69 Å². The number of pyridine rings is 2. The lowest BCUT2D eigenvalue weighted by atomic mass is 9.82. The first-order chi connectivity index (χ1) is 14.7. The summed E-state index contributed by atoms with van der Waals surface area (Å²) in [7, 11) is 2.14. The summed E-state index contributed by atoms with van der Waals surface area (Å²) >= 11 is 0. The Morgan fingerprint density at radius 1 is 1.07 bits per heavy atom. The number of nitrogens with zero attached hydrogens (tertiary/aromatic N) is 2. The number of ether oxygens (including phenoxy) is 1. The Hall–Kier alpha value is -2.94. The maximum Gasteiger partial charge on any atom is 0.228 e. The van der Waals surface area contributed by atoms with Crippen LogP contribution >= 0.6 is 0 Å². The molecule has 30 heavy (non-hydrogen) atoms. The minimum absolute atomic E-state index is 0.701. The summed E-state index contributed by atoms with van der Waals surface area (Å²) in [5.74, 6) is 4.45. The highest BCUT2D eigenvalue weighted by molar-refractivity contribution is 6.04. The molecule has 1 aliphatic heterocycles. The minimum Gasteiger partial charge on any atom is -0.455 e. The Labute approximate surface area is 176 Å². The van der Waals surface area contributed by atoms with Crippen LogP contribution < -0.4 is 9.30 Å². The number of benzene rings is 2. The van der Waals surface area contributed by atoms with Crippen LogP contribution in [0.1, 0.15) is 42.7 Å². The Balaban J connectivity index is 1.51. The van der Waals surface area contributed by atoms with Crippen molar-refractivity contribution in [2.75, 3.05) is 0 Å². The van der Waals surface area contributed by atoms with Crippen LogP contribution in [0.15, 0.2) is 48.8 Å². The summed E-state index contributed by atoms with van der Waals surface area (Å²) < 4.78 is 8.87. The fourth-order valence-electron chi connectivity index (χ4n) is 6.59. The predicted octanol–water partition coefficient (Wildman–Crippen LogP) is 6.20. The molecular formula is C27H25N2O+. The zero-order valence-corrected chi connectivity index (χ0v) is 17.5. The van der Waals surface area contributed by atoms with E-state index in [0.717, 1.165) is 28.9 Å². The monoisotopic (exact) mass is 393 g/mol. The Morgan fingerprint density at radius 3 is 2.83 bits per heavy atom. The van der Waals surface area contributed by atoms with Crippen molar-refractivity contribution in [2.45, 2.75) is 38.5 Å². The molecule has 3 nitrogen and oxygen atoms in total. The van der Waals surface area contributed by atoms with Gasteiger partial charge in [-0.05, 0) is 72.6 Å². The molecule has 2 aliphatic carbocycles. The van der Waals surface area contributed by atoms with E-state index in [1.54, 1.807) is 0 Å². The molecule has 4 aromatic rings. The number of aromatic nitrogens is 2. The smallest absolute Gasteiger partial charge is 0.228 e. The van der Waals surface area contributed by atoms with Gasteiger partial charge < -0.3 is 4.74 Å². The molecular weight excluding hydrogens is 368 g/mol. The number of hydrogen-bond acceptors (Lipinski definition) is 2. The molecule has 7 rings (SSSR count). The third-order valence-electron chi connectivity index (χ3n) is 7.98. The van der Waals surface area contributed by atoms with Gasteiger partial charge in [0.1, 0.15) is 18.5 Å². The summed E-state index contributed by atoms with van der Waals surface area (Å²) in [6, 6.07) is 13.3. The van der Waals surface area contributed by atoms with Crippen molar-refractivity contribution < 1.29 is 9.30 Å². The second-order valence-corrected chi connectivity index (χ2v) is 9.59. The highest BCUT2D eigenvalue weighted by atomic mass is 16.5. The van der Waals surface area contributed by atoms with Gasteiger partial charge in [-0.15, -0.1) is 0 Å². The zero-order chi connectivity index (χ0) is 20.0. The van der Waals surface area contributed by atoms with Gasteiger partial charge in [0.25, 0.3) is 0 Å². The second kappa shape index (κ2) is 5.81. The number of aryl methyl sites for hydroxylation is 2. The van der Waals surface area contributed by atoms with E-state index in [0.29, 0.717) is 5.92 Å². The van der Waals surface area contributed by atoms with Crippen LogP contribution in [-0.4, -0.2) is 4.98 Å². The van der Waals surface area contributed by atoms with E-state index >= 15 is 0 Å². The first-order valence-corrected chi connectivity index (χ1v) is 11.2. The number of fused-ring (bicyclic) bond motifs is 5. The zero-order valence-electron chi connectivity index (χ0n) is 17.5. The van der Waals surface area contributed by atoms with Crippen LogP contribution in [0.25, 0.3) is 32.9 Å². The first-order valence-electron chi connectivity index (χ1n) is 11.2. The van der Waals surface area contributed by atoms with Crippen LogP contribution in [0.2, 0.25) is 0 Å². The maximum absolute atomic E-state index is 6.62. The topological polar surface area (TPSA) is 26.0 Å². The van der Waals surface area contributed by atoms with E-state index in [9.17, 15) is 0 Å². The van der Waals surface area contributed by atoms with E-state index in [4.69, 9.17) is 4.74 Å². The summed E-state index contributed by atoms with van der Waals surface area (Å²) in [5, 5.41) is 3.74. The van der Waals surface area contributed by atoms with E-state index in [1.165, 1.54) is 64.2 Å². The molecule has 2 aromatic carbocycles. The van der Waals surface area contributed by atoms with Crippen molar-refractivity contribution in [2.24, 2.45) is 18.9 Å². The molecule has 0 spiro atoms. The van der Waals surface area contributed by atoms with Gasteiger partial charge >= 0.3 is 0 Å². The van der Waals surface area contributed by atoms with Gasteiger partial charge in [-0.1, -0.05) is 18.6 Å². The van der Waals surface area contributed by atoms with Crippen LogP contribution in [0, 0.1) is 18.8 Å². The van der Waals surface area contributed by atoms with Crippen LogP contribution in [0.5, 0.6) is 11.5 Å². The van der Waals surface area contributed by atoms with Gasteiger partial charge in [-0.25, -0.2) is 4.57 Å². The molecule has 0 amide bonds. The van der Waals surface area contributed by atoms with E-state index in [-0.39, 0.29) is 0 Å². The maximum atomic E-state index is 6.62. The van der Waals surface area contributed by atoms with Crippen molar-refractivity contribution in [3.63, 3.8) is 0 Å². The lowest BCUT2D eigenvalue weighted by molar-refractivity contribution is -0.659. The summed E-state index contributed by atoms with van der Waals surface area (Å²) in [6.45, 7) is 2.19. The highest BCUT2D eigenvalue weighted by Crippen LogP contribution is 2.55. The fourth-order valence-corrected chi connectivity index (χ4v) is 6.59. The number of hydrogen-bond donors (Lipinski definition) is 0. The molecule has 2 fully saturated rings. The number of rotatable bonds is 1. The normalized spacial score (nSPS) is 23.7. The molecule has 2 bridgehead atoms. The van der Waals surface area contributed by atoms with Crippen LogP contribution in [-0.2, 0) is 7.05 Å². The molecule has 0 saturated heterocycles. The molecule has 2 saturated carbocycles. The molecule has 3 unspecified atom stereocenters. The Bertz CT molecular complexity index is 1370. The predicted molar refractivity (Wildman–Crippen MR) is 119 cm³/mol. The van der Waals surface area contributed by atoms with Crippen molar-refractivity contribution >= 4 is 21.7 Å². The largest absolute Gasteiger partial charge is 0.455 e. The average Bonchev–Trinajstić information content (AvgIpc) is 3.39. The summed E-state index contributed by atoms with van der Waals surface area (Å²) in [6.07, 6.45) is 9.68. The van der Waals surface area contributed by atoms with Crippen molar-refractivity contribution in [1.29, 1.82) is 0 Å². The van der Waals surface area contributed by atoms with E-state index in [2.05, 4.69) is 60.1 Å². The van der Waals surface area contributed by atoms with E-state index < -0.39 is 0 Å². The highest BCUT2D eigenvalue weighted by Gasteiger charge is 2.41. The molecule has 2 aromatic heterocycles. The first kappa shape index (κ1) is 16.8. The molecule has 3 heteroatoms. The summed E-state index contributed by atoms with van der Waals surface area (Å²) in [5.41, 5.74) is 6.16. The average molecular weight is 394 g/mol. The Morgan fingerprint density at radius 2 is 2.00 bits per heavy atom. The third-order valence-corrected chi connectivity index (χ3v) is 7.98. The summed E-state index contributed by atoms with van der Waals surface area (Å²) in [4.78, 5) is 4.60. The SMILES string of the molecule is Cc1c2c(cc3ncccc13)Oc1cc(C3CC4CCC3C4)cc3cc[n+](C)c-2c13. The van der Waals surface area contributed by atoms with Crippen molar-refractivity contribution in [1.82, 2.24) is 4.98 Å². The molecule has 0 N–H and O–H groups in total. The lowest BCUT2D eigenvalue weighted by Gasteiger charge is -2.26. The second-order valence-electron chi connectivity index (χ2n) is 9.59. The van der Waals surface area contributed by atoms with Gasteiger partial charge in [-0.2, -0.15) is 0 Å². The lowest BCUT2D eigenvalue weighted by Crippen LogP contribution is -2.31. The molecule has 0 radical (unpaired) electrons. The fraction of sp³-hybridized carbons (Fsp3) is 0.333. The van der Waals surface area contributed by atoms with Gasteiger partial charge in [0, 0.05) is 23.7 Å². The molecule has 3 atom stereocenters. The standard InChI is InChI=1S/C27H25N2O/c1-15-20-4-3-8-28-22(20)14-24-25(15)27-26-18(7-9-29(27)2)12-19(13-23(26)30-24)21-11-16-5-6-17(21)10-16/h3-4,7-9,12-14,16-17,21H,5-6,10-11H2,1-2H3/q+1. The molecule has 148 valence electrons. The minimum atomic E-state index is 0.701.